The number of hydrogen-bond donors (Lipinski definition) is 1. The summed E-state index contributed by atoms with van der Waals surface area (Å²) in [5.74, 6) is 1.17. The van der Waals surface area contributed by atoms with Crippen LogP contribution in [0.15, 0.2) is 23.0 Å². The first kappa shape index (κ1) is 14.6. The predicted octanol–water partition coefficient (Wildman–Crippen LogP) is 1.25. The molecule has 1 aliphatic heterocycles. The van der Waals surface area contributed by atoms with Crippen molar-refractivity contribution in [3.63, 3.8) is 0 Å². The molecule has 1 N–H and O–H groups in total. The second-order valence-corrected chi connectivity index (χ2v) is 5.78. The van der Waals surface area contributed by atoms with E-state index in [1.54, 1.807) is 22.8 Å². The van der Waals surface area contributed by atoms with Gasteiger partial charge in [-0.15, -0.1) is 0 Å². The lowest BCUT2D eigenvalue weighted by Crippen LogP contribution is -2.34. The third kappa shape index (κ3) is 2.81. The van der Waals surface area contributed by atoms with Gasteiger partial charge in [0.2, 0.25) is 0 Å². The van der Waals surface area contributed by atoms with Crippen LogP contribution in [0.4, 0.5) is 0 Å². The van der Waals surface area contributed by atoms with Crippen molar-refractivity contribution in [2.45, 2.75) is 39.3 Å². The summed E-state index contributed by atoms with van der Waals surface area (Å²) in [5, 5.41) is 3.29. The zero-order valence-electron chi connectivity index (χ0n) is 12.8. The molecule has 0 atom stereocenters. The molecule has 0 saturated carbocycles. The third-order valence-corrected chi connectivity index (χ3v) is 3.61. The van der Waals surface area contributed by atoms with E-state index in [4.69, 9.17) is 4.74 Å². The number of rotatable bonds is 4. The molecule has 1 aliphatic rings. The number of nitrogens with one attached hydrogen (secondary N) is 1. The molecule has 2 heterocycles. The highest BCUT2D eigenvalue weighted by Gasteiger charge is 2.16. The molecule has 1 aromatic carbocycles. The highest BCUT2D eigenvalue weighted by molar-refractivity contribution is 5.80. The van der Waals surface area contributed by atoms with Gasteiger partial charge in [0.15, 0.2) is 6.61 Å². The summed E-state index contributed by atoms with van der Waals surface area (Å²) in [6.07, 6.45) is 1.80. The van der Waals surface area contributed by atoms with Crippen molar-refractivity contribution in [1.29, 1.82) is 0 Å². The Labute approximate surface area is 128 Å². The van der Waals surface area contributed by atoms with Crippen LogP contribution in [0.5, 0.6) is 5.75 Å². The van der Waals surface area contributed by atoms with Crippen LogP contribution >= 0.6 is 0 Å². The lowest BCUT2D eigenvalue weighted by molar-refractivity contribution is -0.123. The largest absolute Gasteiger partial charge is 0.484 e. The molecule has 1 amide bonds. The van der Waals surface area contributed by atoms with E-state index in [1.807, 2.05) is 13.8 Å². The maximum Gasteiger partial charge on any atom is 0.261 e. The number of aromatic nitrogens is 2. The summed E-state index contributed by atoms with van der Waals surface area (Å²) in [5.41, 5.74) is 0.645. The van der Waals surface area contributed by atoms with E-state index in [1.165, 1.54) is 0 Å². The van der Waals surface area contributed by atoms with Gasteiger partial charge in [-0.25, -0.2) is 4.98 Å². The molecule has 6 heteroatoms. The fourth-order valence-electron chi connectivity index (χ4n) is 2.67. The minimum atomic E-state index is -0.182. The van der Waals surface area contributed by atoms with Crippen molar-refractivity contribution in [1.82, 2.24) is 14.9 Å². The van der Waals surface area contributed by atoms with Crippen molar-refractivity contribution >= 4 is 16.8 Å². The average molecular weight is 301 g/mol. The SMILES string of the molecule is CC(C)NC(=O)COc1ccc2nc3n(c(=O)c2c1)CCC3. The second kappa shape index (κ2) is 5.79. The van der Waals surface area contributed by atoms with Gasteiger partial charge in [-0.05, 0) is 38.5 Å². The van der Waals surface area contributed by atoms with Crippen LogP contribution in [-0.4, -0.2) is 28.1 Å². The fraction of sp³-hybridized carbons (Fsp3) is 0.438. The number of fused-ring (bicyclic) bond motifs is 2. The Kier molecular flexibility index (Phi) is 3.83. The molecular weight excluding hydrogens is 282 g/mol. The Bertz CT molecular complexity index is 780. The standard InChI is InChI=1S/C16H19N3O3/c1-10(2)17-15(20)9-22-11-5-6-13-12(8-11)16(21)19-7-3-4-14(19)18-13/h5-6,8,10H,3-4,7,9H2,1-2H3,(H,17,20). The van der Waals surface area contributed by atoms with Crippen LogP contribution in [0.2, 0.25) is 0 Å². The lowest BCUT2D eigenvalue weighted by atomic mass is 10.2. The Morgan fingerprint density at radius 1 is 1.45 bits per heavy atom. The number of carbonyl (C=O) groups excluding carboxylic acids is 1. The quantitative estimate of drug-likeness (QED) is 0.922. The molecule has 6 nitrogen and oxygen atoms in total. The van der Waals surface area contributed by atoms with E-state index >= 15 is 0 Å². The summed E-state index contributed by atoms with van der Waals surface area (Å²) < 4.78 is 7.18. The fourth-order valence-corrected chi connectivity index (χ4v) is 2.67. The summed E-state index contributed by atoms with van der Waals surface area (Å²) in [4.78, 5) is 28.6. The van der Waals surface area contributed by atoms with Gasteiger partial charge in [0.05, 0.1) is 10.9 Å². The Morgan fingerprint density at radius 3 is 3.05 bits per heavy atom. The van der Waals surface area contributed by atoms with Gasteiger partial charge in [-0.1, -0.05) is 0 Å². The van der Waals surface area contributed by atoms with Gasteiger partial charge in [0.1, 0.15) is 11.6 Å². The van der Waals surface area contributed by atoms with Crippen LogP contribution in [0.25, 0.3) is 10.9 Å². The Hall–Kier alpha value is -2.37. The highest BCUT2D eigenvalue weighted by Crippen LogP contribution is 2.19. The van der Waals surface area contributed by atoms with E-state index in [9.17, 15) is 9.59 Å². The normalized spacial score (nSPS) is 13.4. The number of nitrogens with zero attached hydrogens (tertiary/aromatic N) is 2. The van der Waals surface area contributed by atoms with E-state index in [0.29, 0.717) is 16.7 Å². The molecule has 0 unspecified atom stereocenters. The van der Waals surface area contributed by atoms with E-state index in [0.717, 1.165) is 25.2 Å². The van der Waals surface area contributed by atoms with E-state index in [2.05, 4.69) is 10.3 Å². The molecule has 0 saturated heterocycles. The van der Waals surface area contributed by atoms with Crippen molar-refractivity contribution in [2.75, 3.05) is 6.61 Å². The maximum atomic E-state index is 12.4. The van der Waals surface area contributed by atoms with Gasteiger partial charge >= 0.3 is 0 Å². The summed E-state index contributed by atoms with van der Waals surface area (Å²) in [6.45, 7) is 4.44. The average Bonchev–Trinajstić information content (AvgIpc) is 2.93. The molecule has 0 aliphatic carbocycles. The molecule has 1 aromatic heterocycles. The Balaban J connectivity index is 1.84. The number of ether oxygens (including phenoxy) is 1. The zero-order chi connectivity index (χ0) is 15.7. The van der Waals surface area contributed by atoms with Crippen LogP contribution in [-0.2, 0) is 17.8 Å². The number of amides is 1. The van der Waals surface area contributed by atoms with E-state index in [-0.39, 0.29) is 24.1 Å². The van der Waals surface area contributed by atoms with Crippen LogP contribution in [0.1, 0.15) is 26.1 Å². The highest BCUT2D eigenvalue weighted by atomic mass is 16.5. The predicted molar refractivity (Wildman–Crippen MR) is 83.1 cm³/mol. The van der Waals surface area contributed by atoms with E-state index < -0.39 is 0 Å². The molecule has 0 spiro atoms. The topological polar surface area (TPSA) is 73.2 Å². The molecule has 116 valence electrons. The minimum Gasteiger partial charge on any atom is -0.484 e. The molecule has 0 radical (unpaired) electrons. The maximum absolute atomic E-state index is 12.4. The summed E-state index contributed by atoms with van der Waals surface area (Å²) in [7, 11) is 0. The monoisotopic (exact) mass is 301 g/mol. The van der Waals surface area contributed by atoms with Crippen LogP contribution in [0, 0.1) is 0 Å². The number of hydrogen-bond acceptors (Lipinski definition) is 4. The zero-order valence-corrected chi connectivity index (χ0v) is 12.8. The number of carbonyl (C=O) groups is 1. The molecular formula is C16H19N3O3. The van der Waals surface area contributed by atoms with Crippen LogP contribution in [0.3, 0.4) is 0 Å². The molecule has 22 heavy (non-hydrogen) atoms. The third-order valence-electron chi connectivity index (χ3n) is 3.61. The lowest BCUT2D eigenvalue weighted by Gasteiger charge is -2.10. The minimum absolute atomic E-state index is 0.0328. The van der Waals surface area contributed by atoms with Crippen molar-refractivity contribution in [3.05, 3.63) is 34.4 Å². The van der Waals surface area contributed by atoms with Gasteiger partial charge < -0.3 is 10.1 Å². The van der Waals surface area contributed by atoms with Gasteiger partial charge in [-0.2, -0.15) is 0 Å². The molecule has 0 fully saturated rings. The van der Waals surface area contributed by atoms with Gasteiger partial charge in [-0.3, -0.25) is 14.2 Å². The molecule has 3 rings (SSSR count). The van der Waals surface area contributed by atoms with Crippen molar-refractivity contribution in [2.24, 2.45) is 0 Å². The van der Waals surface area contributed by atoms with Crippen LogP contribution < -0.4 is 15.6 Å². The summed E-state index contributed by atoms with van der Waals surface area (Å²) in [6, 6.07) is 5.25. The first-order valence-corrected chi connectivity index (χ1v) is 7.50. The first-order valence-electron chi connectivity index (χ1n) is 7.50. The van der Waals surface area contributed by atoms with Gasteiger partial charge in [0.25, 0.3) is 11.5 Å². The van der Waals surface area contributed by atoms with Crippen molar-refractivity contribution in [3.8, 4) is 5.75 Å². The Morgan fingerprint density at radius 2 is 2.27 bits per heavy atom. The molecule has 0 bridgehead atoms. The van der Waals surface area contributed by atoms with Gasteiger partial charge in [0, 0.05) is 19.0 Å². The summed E-state index contributed by atoms with van der Waals surface area (Å²) >= 11 is 0. The number of aryl methyl sites for hydroxylation is 1. The number of benzene rings is 1. The van der Waals surface area contributed by atoms with Crippen molar-refractivity contribution < 1.29 is 9.53 Å². The molecule has 2 aromatic rings. The first-order chi connectivity index (χ1) is 10.5. The smallest absolute Gasteiger partial charge is 0.261 e. The second-order valence-electron chi connectivity index (χ2n) is 5.78.